The fraction of sp³-hybridized carbons (Fsp3) is 0.625. The number of nitrogens with zero attached hydrogens (tertiary/aromatic N) is 3. The van der Waals surface area contributed by atoms with E-state index in [1.165, 1.54) is 37.7 Å². The SMILES string of the molecule is C1CNC1.CCC(C)COC(=O)CCSc1ccnc(Cl)c1Cl.CCC(C)COC(=O)CCSc1ccnc(N2CCC2)c1Cl. The molecular weight excluding hydrogens is 675 g/mol. The summed E-state index contributed by atoms with van der Waals surface area (Å²) in [6.45, 7) is 13.8. The van der Waals surface area contributed by atoms with E-state index in [1.54, 1.807) is 30.2 Å². The molecule has 0 aromatic carbocycles. The number of aromatic nitrogens is 2. The monoisotopic (exact) mass is 720 g/mol. The van der Waals surface area contributed by atoms with E-state index in [4.69, 9.17) is 44.3 Å². The van der Waals surface area contributed by atoms with E-state index in [-0.39, 0.29) is 17.1 Å². The summed E-state index contributed by atoms with van der Waals surface area (Å²) in [5, 5.41) is 4.52. The molecule has 2 atom stereocenters. The molecule has 2 aromatic heterocycles. The summed E-state index contributed by atoms with van der Waals surface area (Å²) in [5.41, 5.74) is 0. The van der Waals surface area contributed by atoms with E-state index >= 15 is 0 Å². The van der Waals surface area contributed by atoms with Crippen molar-refractivity contribution in [2.45, 2.75) is 76.0 Å². The van der Waals surface area contributed by atoms with E-state index < -0.39 is 0 Å². The van der Waals surface area contributed by atoms with Gasteiger partial charge < -0.3 is 19.7 Å². The third-order valence-corrected chi connectivity index (χ3v) is 10.6. The Bertz CT molecular complexity index is 1170. The number of hydrogen-bond acceptors (Lipinski definition) is 10. The van der Waals surface area contributed by atoms with Gasteiger partial charge in [-0.2, -0.15) is 0 Å². The molecule has 0 aliphatic carbocycles. The number of hydrogen-bond donors (Lipinski definition) is 1. The number of pyridine rings is 2. The van der Waals surface area contributed by atoms with Gasteiger partial charge in [-0.15, -0.1) is 23.5 Å². The van der Waals surface area contributed by atoms with Crippen LogP contribution in [0, 0.1) is 11.8 Å². The summed E-state index contributed by atoms with van der Waals surface area (Å²) >= 11 is 21.3. The van der Waals surface area contributed by atoms with Crippen LogP contribution < -0.4 is 10.2 Å². The van der Waals surface area contributed by atoms with Crippen molar-refractivity contribution >= 4 is 76.1 Å². The van der Waals surface area contributed by atoms with Crippen molar-refractivity contribution in [3.05, 3.63) is 39.7 Å². The van der Waals surface area contributed by atoms with Crippen LogP contribution >= 0.6 is 58.3 Å². The highest BCUT2D eigenvalue weighted by Gasteiger charge is 2.20. The van der Waals surface area contributed by atoms with Crippen molar-refractivity contribution in [2.75, 3.05) is 55.8 Å². The van der Waals surface area contributed by atoms with Crippen LogP contribution in [0.15, 0.2) is 34.3 Å². The Labute approximate surface area is 292 Å². The molecule has 252 valence electrons. The molecular formula is C32H47Cl3N4O4S2. The van der Waals surface area contributed by atoms with Gasteiger partial charge in [-0.05, 0) is 49.9 Å². The smallest absolute Gasteiger partial charge is 0.306 e. The van der Waals surface area contributed by atoms with E-state index in [1.807, 2.05) is 6.07 Å². The van der Waals surface area contributed by atoms with Crippen molar-refractivity contribution in [3.8, 4) is 0 Å². The molecule has 8 nitrogen and oxygen atoms in total. The first kappa shape index (κ1) is 39.7. The summed E-state index contributed by atoms with van der Waals surface area (Å²) in [6, 6.07) is 3.68. The van der Waals surface area contributed by atoms with Crippen LogP contribution in [-0.2, 0) is 19.1 Å². The molecule has 1 N–H and O–H groups in total. The van der Waals surface area contributed by atoms with Gasteiger partial charge in [0.15, 0.2) is 0 Å². The minimum absolute atomic E-state index is 0.138. The Morgan fingerprint density at radius 1 is 0.844 bits per heavy atom. The molecule has 45 heavy (non-hydrogen) atoms. The first-order valence-electron chi connectivity index (χ1n) is 15.6. The maximum atomic E-state index is 11.7. The van der Waals surface area contributed by atoms with Gasteiger partial charge in [0.25, 0.3) is 0 Å². The second-order valence-corrected chi connectivity index (χ2v) is 14.3. The Morgan fingerprint density at radius 2 is 1.31 bits per heavy atom. The van der Waals surface area contributed by atoms with Crippen LogP contribution in [-0.4, -0.2) is 72.8 Å². The molecule has 13 heteroatoms. The fourth-order valence-electron chi connectivity index (χ4n) is 3.30. The van der Waals surface area contributed by atoms with Crippen LogP contribution in [0.3, 0.4) is 0 Å². The molecule has 0 spiro atoms. The minimum Gasteiger partial charge on any atom is -0.465 e. The number of halogens is 3. The van der Waals surface area contributed by atoms with Crippen molar-refractivity contribution in [1.82, 2.24) is 15.3 Å². The molecule has 0 saturated carbocycles. The Kier molecular flexibility index (Phi) is 20.3. The molecule has 0 amide bonds. The molecule has 4 rings (SSSR count). The van der Waals surface area contributed by atoms with Gasteiger partial charge in [0.05, 0.1) is 36.1 Å². The van der Waals surface area contributed by atoms with Crippen molar-refractivity contribution in [1.29, 1.82) is 0 Å². The highest BCUT2D eigenvalue weighted by atomic mass is 35.5. The highest BCUT2D eigenvalue weighted by Crippen LogP contribution is 2.35. The summed E-state index contributed by atoms with van der Waals surface area (Å²) in [5.74, 6) is 2.65. The average molecular weight is 722 g/mol. The van der Waals surface area contributed by atoms with Gasteiger partial charge in [-0.25, -0.2) is 9.97 Å². The largest absolute Gasteiger partial charge is 0.465 e. The lowest BCUT2D eigenvalue weighted by atomic mass is 10.1. The van der Waals surface area contributed by atoms with Gasteiger partial charge in [0, 0.05) is 46.8 Å². The van der Waals surface area contributed by atoms with Gasteiger partial charge in [-0.1, -0.05) is 75.3 Å². The highest BCUT2D eigenvalue weighted by molar-refractivity contribution is 7.99. The predicted octanol–water partition coefficient (Wildman–Crippen LogP) is 8.46. The molecule has 0 radical (unpaired) electrons. The van der Waals surface area contributed by atoms with Gasteiger partial charge in [0.2, 0.25) is 0 Å². The number of esters is 2. The molecule has 2 saturated heterocycles. The zero-order chi connectivity index (χ0) is 33.0. The van der Waals surface area contributed by atoms with Crippen molar-refractivity contribution in [2.24, 2.45) is 11.8 Å². The summed E-state index contributed by atoms with van der Waals surface area (Å²) in [6.07, 6.45) is 8.75. The van der Waals surface area contributed by atoms with Crippen molar-refractivity contribution < 1.29 is 19.1 Å². The Morgan fingerprint density at radius 3 is 1.73 bits per heavy atom. The topological polar surface area (TPSA) is 93.7 Å². The first-order chi connectivity index (χ1) is 21.7. The fourth-order valence-corrected chi connectivity index (χ4v) is 5.92. The molecule has 2 aliphatic rings. The summed E-state index contributed by atoms with van der Waals surface area (Å²) in [4.78, 5) is 35.4. The molecule has 2 aliphatic heterocycles. The van der Waals surface area contributed by atoms with Crippen LogP contribution in [0.2, 0.25) is 15.2 Å². The lowest BCUT2D eigenvalue weighted by Gasteiger charge is -2.32. The first-order valence-corrected chi connectivity index (χ1v) is 18.7. The van der Waals surface area contributed by atoms with E-state index in [0.29, 0.717) is 59.4 Å². The molecule has 2 aromatic rings. The lowest BCUT2D eigenvalue weighted by Crippen LogP contribution is -2.37. The second-order valence-electron chi connectivity index (χ2n) is 10.9. The molecule has 4 heterocycles. The number of thioether (sulfide) groups is 2. The van der Waals surface area contributed by atoms with Gasteiger partial charge in [-0.3, -0.25) is 9.59 Å². The normalized spacial score (nSPS) is 14.8. The number of carbonyl (C=O) groups excluding carboxylic acids is 2. The minimum atomic E-state index is -0.177. The van der Waals surface area contributed by atoms with Crippen LogP contribution in [0.5, 0.6) is 0 Å². The quantitative estimate of drug-likeness (QED) is 0.110. The van der Waals surface area contributed by atoms with Gasteiger partial charge >= 0.3 is 11.9 Å². The zero-order valence-corrected chi connectivity index (χ0v) is 30.7. The maximum absolute atomic E-state index is 11.7. The third-order valence-electron chi connectivity index (χ3n) is 7.09. The van der Waals surface area contributed by atoms with Crippen LogP contribution in [0.25, 0.3) is 0 Å². The molecule has 2 fully saturated rings. The lowest BCUT2D eigenvalue weighted by molar-refractivity contribution is -0.145. The number of ether oxygens (including phenoxy) is 2. The Hall–Kier alpha value is -1.43. The van der Waals surface area contributed by atoms with E-state index in [2.05, 4.69) is 47.9 Å². The molecule has 2 unspecified atom stereocenters. The molecule has 0 bridgehead atoms. The maximum Gasteiger partial charge on any atom is 0.306 e. The summed E-state index contributed by atoms with van der Waals surface area (Å²) in [7, 11) is 0. The number of anilines is 1. The van der Waals surface area contributed by atoms with E-state index in [0.717, 1.165) is 41.5 Å². The van der Waals surface area contributed by atoms with Gasteiger partial charge in [0.1, 0.15) is 11.0 Å². The van der Waals surface area contributed by atoms with E-state index in [9.17, 15) is 9.59 Å². The third kappa shape index (κ3) is 15.8. The second kappa shape index (κ2) is 23.0. The number of carbonyl (C=O) groups is 2. The average Bonchev–Trinajstić information content (AvgIpc) is 2.97. The van der Waals surface area contributed by atoms with Crippen molar-refractivity contribution in [3.63, 3.8) is 0 Å². The number of nitrogens with one attached hydrogen (secondary N) is 1. The van der Waals surface area contributed by atoms with Crippen LogP contribution in [0.4, 0.5) is 5.82 Å². The Balaban J connectivity index is 0.000000280. The van der Waals surface area contributed by atoms with Crippen LogP contribution in [0.1, 0.15) is 66.2 Å². The standard InChI is InChI=1S/C16H23ClN2O2S.C13H17Cl2NO2S.C3H7N/c1-3-12(2)11-21-14(20)6-10-22-13-5-7-18-16(15(13)17)19-8-4-9-19;1-3-9(2)8-18-11(17)5-7-19-10-4-6-16-13(15)12(10)14;1-2-4-3-1/h5,7,12H,3-4,6,8-11H2,1-2H3;4,6,9H,3,5,7-8H2,1-2H3;4H,1-3H2. The zero-order valence-electron chi connectivity index (χ0n) is 26.8. The number of rotatable bonds is 15. The summed E-state index contributed by atoms with van der Waals surface area (Å²) < 4.78 is 10.4. The predicted molar refractivity (Wildman–Crippen MR) is 189 cm³/mol.